The van der Waals surface area contributed by atoms with E-state index in [2.05, 4.69) is 44.7 Å². The molecule has 7 nitrogen and oxygen atoms in total. The first-order valence-electron chi connectivity index (χ1n) is 9.25. The highest BCUT2D eigenvalue weighted by molar-refractivity contribution is 7.16. The van der Waals surface area contributed by atoms with Crippen LogP contribution in [-0.4, -0.2) is 37.1 Å². The summed E-state index contributed by atoms with van der Waals surface area (Å²) in [5.74, 6) is 1.48. The summed E-state index contributed by atoms with van der Waals surface area (Å²) in [6, 6.07) is 20.2. The summed E-state index contributed by atoms with van der Waals surface area (Å²) in [5.41, 5.74) is 3.91. The lowest BCUT2D eigenvalue weighted by molar-refractivity contribution is 0.415. The molecule has 1 N–H and O–H groups in total. The van der Waals surface area contributed by atoms with E-state index in [0.29, 0.717) is 5.82 Å². The van der Waals surface area contributed by atoms with Crippen molar-refractivity contribution in [2.75, 3.05) is 7.11 Å². The molecule has 3 aromatic heterocycles. The average molecular weight is 402 g/mol. The van der Waals surface area contributed by atoms with E-state index in [0.717, 1.165) is 45.5 Å². The number of fused-ring (bicyclic) bond motifs is 1. The van der Waals surface area contributed by atoms with Crippen LogP contribution in [0, 0.1) is 0 Å². The van der Waals surface area contributed by atoms with Crippen molar-refractivity contribution in [1.29, 1.82) is 0 Å². The summed E-state index contributed by atoms with van der Waals surface area (Å²) in [6.07, 6.45) is 1.82. The quantitative estimate of drug-likeness (QED) is 0.464. The molecule has 0 aliphatic heterocycles. The predicted molar refractivity (Wildman–Crippen MR) is 112 cm³/mol. The van der Waals surface area contributed by atoms with Crippen LogP contribution in [0.15, 0.2) is 60.7 Å². The molecule has 3 heterocycles. The molecule has 0 saturated heterocycles. The highest BCUT2D eigenvalue weighted by Crippen LogP contribution is 2.26. The van der Waals surface area contributed by atoms with Gasteiger partial charge in [0, 0.05) is 12.0 Å². The average Bonchev–Trinajstić information content (AvgIpc) is 3.49. The minimum atomic E-state index is 0.662. The summed E-state index contributed by atoms with van der Waals surface area (Å²) in [5, 5.41) is 21.8. The van der Waals surface area contributed by atoms with Gasteiger partial charge in [-0.2, -0.15) is 14.7 Å². The molecule has 0 amide bonds. The Morgan fingerprint density at radius 3 is 2.62 bits per heavy atom. The summed E-state index contributed by atoms with van der Waals surface area (Å²) < 4.78 is 7.00. The molecule has 0 bridgehead atoms. The SMILES string of the molecule is COc1ccc(-c2cc(-c3nnc4sc(CCc5ccccc5)nn34)[nH]n2)cc1. The van der Waals surface area contributed by atoms with Crippen molar-refractivity contribution in [2.24, 2.45) is 0 Å². The van der Waals surface area contributed by atoms with Crippen molar-refractivity contribution in [3.63, 3.8) is 0 Å². The highest BCUT2D eigenvalue weighted by Gasteiger charge is 2.16. The Kier molecular flexibility index (Phi) is 4.53. The number of rotatable bonds is 6. The van der Waals surface area contributed by atoms with Gasteiger partial charge in [-0.25, -0.2) is 0 Å². The van der Waals surface area contributed by atoms with E-state index in [-0.39, 0.29) is 0 Å². The number of aromatic amines is 1. The van der Waals surface area contributed by atoms with Crippen LogP contribution < -0.4 is 4.74 Å². The van der Waals surface area contributed by atoms with Crippen LogP contribution >= 0.6 is 11.3 Å². The molecule has 0 aliphatic carbocycles. The van der Waals surface area contributed by atoms with Gasteiger partial charge in [-0.15, -0.1) is 10.2 Å². The number of hydrogen-bond acceptors (Lipinski definition) is 6. The number of nitrogens with one attached hydrogen (secondary N) is 1. The van der Waals surface area contributed by atoms with Crippen LogP contribution in [0.3, 0.4) is 0 Å². The standard InChI is InChI=1S/C21H18N6OS/c1-28-16-10-8-15(9-11-16)17-13-18(23-22-17)20-24-25-21-27(20)26-19(29-21)12-7-14-5-3-2-4-6-14/h2-6,8-11,13H,7,12H2,1H3,(H,22,23). The van der Waals surface area contributed by atoms with Crippen molar-refractivity contribution < 1.29 is 4.74 Å². The Bertz CT molecular complexity index is 1240. The van der Waals surface area contributed by atoms with Crippen molar-refractivity contribution in [3.05, 3.63) is 71.2 Å². The van der Waals surface area contributed by atoms with Crippen LogP contribution in [-0.2, 0) is 12.8 Å². The van der Waals surface area contributed by atoms with Gasteiger partial charge in [0.05, 0.1) is 12.8 Å². The van der Waals surface area contributed by atoms with Crippen LogP contribution in [0.5, 0.6) is 5.75 Å². The predicted octanol–water partition coefficient (Wildman–Crippen LogP) is 4.04. The van der Waals surface area contributed by atoms with Crippen molar-refractivity contribution in [1.82, 2.24) is 30.0 Å². The number of ether oxygens (including phenoxy) is 1. The zero-order chi connectivity index (χ0) is 19.6. The van der Waals surface area contributed by atoms with Crippen LogP contribution in [0.1, 0.15) is 10.6 Å². The zero-order valence-electron chi connectivity index (χ0n) is 15.7. The molecule has 2 aromatic carbocycles. The van der Waals surface area contributed by atoms with Gasteiger partial charge in [0.25, 0.3) is 0 Å². The fourth-order valence-electron chi connectivity index (χ4n) is 3.17. The van der Waals surface area contributed by atoms with Crippen molar-refractivity contribution in [2.45, 2.75) is 12.8 Å². The molecule has 5 aromatic rings. The summed E-state index contributed by atoms with van der Waals surface area (Å²) in [4.78, 5) is 0.781. The second kappa shape index (κ2) is 7.48. The van der Waals surface area contributed by atoms with Gasteiger partial charge in [-0.3, -0.25) is 5.10 Å². The Morgan fingerprint density at radius 1 is 1.00 bits per heavy atom. The first kappa shape index (κ1) is 17.6. The lowest BCUT2D eigenvalue weighted by Crippen LogP contribution is -1.95. The van der Waals surface area contributed by atoms with Crippen LogP contribution in [0.25, 0.3) is 27.7 Å². The zero-order valence-corrected chi connectivity index (χ0v) is 16.6. The smallest absolute Gasteiger partial charge is 0.235 e. The monoisotopic (exact) mass is 402 g/mol. The minimum Gasteiger partial charge on any atom is -0.497 e. The van der Waals surface area contributed by atoms with E-state index >= 15 is 0 Å². The molecule has 5 rings (SSSR count). The molecule has 29 heavy (non-hydrogen) atoms. The number of hydrogen-bond donors (Lipinski definition) is 1. The van der Waals surface area contributed by atoms with Gasteiger partial charge in [-0.05, 0) is 42.3 Å². The third-order valence-electron chi connectivity index (χ3n) is 4.71. The molecule has 0 spiro atoms. The van der Waals surface area contributed by atoms with Gasteiger partial charge < -0.3 is 4.74 Å². The van der Waals surface area contributed by atoms with Crippen LogP contribution in [0.4, 0.5) is 0 Å². The van der Waals surface area contributed by atoms with Gasteiger partial charge >= 0.3 is 0 Å². The third-order valence-corrected chi connectivity index (χ3v) is 5.67. The molecular formula is C21H18N6OS. The summed E-state index contributed by atoms with van der Waals surface area (Å²) >= 11 is 1.57. The fourth-order valence-corrected chi connectivity index (χ4v) is 4.00. The van der Waals surface area contributed by atoms with E-state index in [1.54, 1.807) is 23.0 Å². The molecular weight excluding hydrogens is 384 g/mol. The van der Waals surface area contributed by atoms with E-state index < -0.39 is 0 Å². The van der Waals surface area contributed by atoms with Gasteiger partial charge in [0.15, 0.2) is 0 Å². The molecule has 0 fully saturated rings. The van der Waals surface area contributed by atoms with E-state index in [1.807, 2.05) is 36.4 Å². The Hall–Kier alpha value is -3.52. The largest absolute Gasteiger partial charge is 0.497 e. The molecule has 0 unspecified atom stereocenters. The molecule has 8 heteroatoms. The molecule has 0 saturated carbocycles. The third kappa shape index (κ3) is 3.50. The fraction of sp³-hybridized carbons (Fsp3) is 0.143. The van der Waals surface area contributed by atoms with Gasteiger partial charge in [0.1, 0.15) is 16.5 Å². The maximum absolute atomic E-state index is 5.21. The molecule has 0 radical (unpaired) electrons. The first-order chi connectivity index (χ1) is 14.3. The number of methoxy groups -OCH3 is 1. The number of H-pyrrole nitrogens is 1. The lowest BCUT2D eigenvalue weighted by atomic mass is 10.1. The maximum atomic E-state index is 5.21. The Morgan fingerprint density at radius 2 is 1.83 bits per heavy atom. The van der Waals surface area contributed by atoms with Gasteiger partial charge in [-0.1, -0.05) is 41.7 Å². The normalized spacial score (nSPS) is 11.2. The number of aromatic nitrogens is 6. The maximum Gasteiger partial charge on any atom is 0.235 e. The van der Waals surface area contributed by atoms with E-state index in [9.17, 15) is 0 Å². The molecule has 144 valence electrons. The Labute approximate surface area is 171 Å². The number of aryl methyl sites for hydroxylation is 2. The summed E-state index contributed by atoms with van der Waals surface area (Å²) in [6.45, 7) is 0. The summed E-state index contributed by atoms with van der Waals surface area (Å²) in [7, 11) is 1.65. The van der Waals surface area contributed by atoms with E-state index in [4.69, 9.17) is 9.84 Å². The second-order valence-corrected chi connectivity index (χ2v) is 7.64. The van der Waals surface area contributed by atoms with Crippen molar-refractivity contribution >= 4 is 16.3 Å². The highest BCUT2D eigenvalue weighted by atomic mass is 32.1. The van der Waals surface area contributed by atoms with Crippen LogP contribution in [0.2, 0.25) is 0 Å². The minimum absolute atomic E-state index is 0.662. The van der Waals surface area contributed by atoms with Gasteiger partial charge in [0.2, 0.25) is 10.8 Å². The Balaban J connectivity index is 1.39. The second-order valence-electron chi connectivity index (χ2n) is 6.59. The number of benzene rings is 2. The topological polar surface area (TPSA) is 81.0 Å². The first-order valence-corrected chi connectivity index (χ1v) is 10.1. The molecule has 0 aliphatic rings. The molecule has 0 atom stereocenters. The van der Waals surface area contributed by atoms with E-state index in [1.165, 1.54) is 5.56 Å². The van der Waals surface area contributed by atoms with Crippen molar-refractivity contribution in [3.8, 4) is 28.5 Å². The number of nitrogens with zero attached hydrogens (tertiary/aromatic N) is 5. The lowest BCUT2D eigenvalue weighted by Gasteiger charge is -1.99.